The van der Waals surface area contributed by atoms with Gasteiger partial charge in [0, 0.05) is 38.7 Å². The van der Waals surface area contributed by atoms with Gasteiger partial charge in [-0.1, -0.05) is 0 Å². The van der Waals surface area contributed by atoms with Gasteiger partial charge in [-0.15, -0.1) is 0 Å². The molecule has 1 heterocycles. The highest BCUT2D eigenvalue weighted by molar-refractivity contribution is 4.75. The molecule has 12 heavy (non-hydrogen) atoms. The van der Waals surface area contributed by atoms with Crippen LogP contribution in [-0.2, 0) is 4.74 Å². The van der Waals surface area contributed by atoms with Gasteiger partial charge in [0.05, 0.1) is 0 Å². The lowest BCUT2D eigenvalue weighted by atomic mass is 10.1. The third-order valence-corrected chi connectivity index (χ3v) is 1.89. The summed E-state index contributed by atoms with van der Waals surface area (Å²) in [4.78, 5) is 0. The molecule has 0 amide bonds. The summed E-state index contributed by atoms with van der Waals surface area (Å²) in [6.07, 6.45) is -0.0375. The lowest BCUT2D eigenvalue weighted by Crippen LogP contribution is -2.45. The fourth-order valence-electron chi connectivity index (χ4n) is 1.31. The van der Waals surface area contributed by atoms with Crippen molar-refractivity contribution in [3.8, 4) is 0 Å². The lowest BCUT2D eigenvalue weighted by molar-refractivity contribution is -0.104. The Balaban J connectivity index is 2.11. The maximum absolute atomic E-state index is 9.29. The van der Waals surface area contributed by atoms with E-state index in [-0.39, 0.29) is 6.04 Å². The average molecular weight is 173 g/mol. The Morgan fingerprint density at radius 1 is 1.75 bits per heavy atom. The lowest BCUT2D eigenvalue weighted by Gasteiger charge is -2.24. The van der Waals surface area contributed by atoms with E-state index < -0.39 is 6.29 Å². The maximum Gasteiger partial charge on any atom is 0.156 e. The van der Waals surface area contributed by atoms with Crippen LogP contribution in [0.15, 0.2) is 0 Å². The van der Waals surface area contributed by atoms with Gasteiger partial charge in [-0.3, -0.25) is 0 Å². The molecule has 0 aliphatic carbocycles. The molecule has 0 aromatic heterocycles. The zero-order chi connectivity index (χ0) is 8.81. The molecule has 2 unspecified atom stereocenters. The predicted molar refractivity (Wildman–Crippen MR) is 45.9 cm³/mol. The zero-order valence-corrected chi connectivity index (χ0v) is 7.49. The number of aliphatic hydroxyl groups excluding tert-OH is 1. The van der Waals surface area contributed by atoms with Gasteiger partial charge in [0.25, 0.3) is 0 Å². The van der Waals surface area contributed by atoms with Crippen molar-refractivity contribution in [2.24, 2.45) is 0 Å². The minimum atomic E-state index is -0.649. The highest BCUT2D eigenvalue weighted by Gasteiger charge is 2.17. The second kappa shape index (κ2) is 5.48. The van der Waals surface area contributed by atoms with Crippen molar-refractivity contribution in [2.75, 3.05) is 26.2 Å². The molecule has 4 heteroatoms. The number of aliphatic hydroxyl groups is 1. The Kier molecular flexibility index (Phi) is 4.53. The van der Waals surface area contributed by atoms with Crippen LogP contribution in [0.5, 0.6) is 0 Å². The Bertz CT molecular complexity index is 116. The van der Waals surface area contributed by atoms with Crippen LogP contribution >= 0.6 is 0 Å². The third kappa shape index (κ3) is 3.49. The van der Waals surface area contributed by atoms with E-state index >= 15 is 0 Å². The summed E-state index contributed by atoms with van der Waals surface area (Å²) in [7, 11) is 0. The van der Waals surface area contributed by atoms with Crippen molar-refractivity contribution in [1.82, 2.24) is 10.6 Å². The number of piperazine rings is 1. The quantitative estimate of drug-likeness (QED) is 0.553. The summed E-state index contributed by atoms with van der Waals surface area (Å²) in [5, 5.41) is 16.9. The molecule has 0 saturated carbocycles. The van der Waals surface area contributed by atoms with E-state index in [1.165, 1.54) is 0 Å². The van der Waals surface area contributed by atoms with Crippen molar-refractivity contribution in [1.29, 1.82) is 0 Å². The molecule has 71 valence electrons. The standard InChI is InChI=1S/C8H17N2O2/c1-2-12-8(11)5-7-6-9-3-4-10-7/h7-9,11H,2-6H2,1H3. The molecule has 2 N–H and O–H groups in total. The summed E-state index contributed by atoms with van der Waals surface area (Å²) >= 11 is 0. The summed E-state index contributed by atoms with van der Waals surface area (Å²) in [5.74, 6) is 0. The second-order valence-corrected chi connectivity index (χ2v) is 2.91. The van der Waals surface area contributed by atoms with E-state index in [2.05, 4.69) is 10.6 Å². The van der Waals surface area contributed by atoms with Gasteiger partial charge in [0.1, 0.15) is 0 Å². The van der Waals surface area contributed by atoms with E-state index in [0.29, 0.717) is 13.0 Å². The van der Waals surface area contributed by atoms with Gasteiger partial charge >= 0.3 is 0 Å². The molecule has 1 aliphatic heterocycles. The first kappa shape index (κ1) is 9.92. The van der Waals surface area contributed by atoms with Crippen LogP contribution in [0.1, 0.15) is 13.3 Å². The minimum absolute atomic E-state index is 0.222. The summed E-state index contributed by atoms with van der Waals surface area (Å²) in [6, 6.07) is 0.222. The predicted octanol–water partition coefficient (Wildman–Crippen LogP) is -0.692. The van der Waals surface area contributed by atoms with E-state index in [1.807, 2.05) is 6.92 Å². The summed E-state index contributed by atoms with van der Waals surface area (Å²) in [6.45, 7) is 5.11. The highest BCUT2D eigenvalue weighted by atomic mass is 16.6. The van der Waals surface area contributed by atoms with Crippen LogP contribution in [-0.4, -0.2) is 43.7 Å². The van der Waals surface area contributed by atoms with Gasteiger partial charge in [-0.25, -0.2) is 5.32 Å². The molecule has 0 bridgehead atoms. The van der Waals surface area contributed by atoms with Gasteiger partial charge < -0.3 is 15.2 Å². The topological polar surface area (TPSA) is 55.6 Å². The minimum Gasteiger partial charge on any atom is -0.368 e. The Labute approximate surface area is 73.3 Å². The number of hydrogen-bond acceptors (Lipinski definition) is 3. The molecule has 1 rings (SSSR count). The molecular formula is C8H17N2O2. The van der Waals surface area contributed by atoms with E-state index in [9.17, 15) is 5.11 Å². The Morgan fingerprint density at radius 2 is 2.58 bits per heavy atom. The van der Waals surface area contributed by atoms with E-state index in [0.717, 1.165) is 19.6 Å². The molecule has 2 atom stereocenters. The number of ether oxygens (including phenoxy) is 1. The fraction of sp³-hybridized carbons (Fsp3) is 1.00. The smallest absolute Gasteiger partial charge is 0.156 e. The van der Waals surface area contributed by atoms with E-state index in [4.69, 9.17) is 4.74 Å². The van der Waals surface area contributed by atoms with Crippen molar-refractivity contribution >= 4 is 0 Å². The van der Waals surface area contributed by atoms with Crippen LogP contribution in [0.3, 0.4) is 0 Å². The molecule has 0 spiro atoms. The van der Waals surface area contributed by atoms with Gasteiger partial charge in [0.15, 0.2) is 6.29 Å². The number of nitrogens with zero attached hydrogens (tertiary/aromatic N) is 1. The fourth-order valence-corrected chi connectivity index (χ4v) is 1.31. The van der Waals surface area contributed by atoms with Crippen LogP contribution < -0.4 is 10.6 Å². The zero-order valence-electron chi connectivity index (χ0n) is 7.49. The molecule has 0 aromatic carbocycles. The van der Waals surface area contributed by atoms with Crippen molar-refractivity contribution in [3.63, 3.8) is 0 Å². The molecular weight excluding hydrogens is 156 g/mol. The Hall–Kier alpha value is -0.160. The van der Waals surface area contributed by atoms with Crippen molar-refractivity contribution in [2.45, 2.75) is 25.7 Å². The average Bonchev–Trinajstić information content (AvgIpc) is 2.06. The number of nitrogens with one attached hydrogen (secondary N) is 1. The first-order valence-electron chi connectivity index (χ1n) is 4.50. The Morgan fingerprint density at radius 3 is 3.17 bits per heavy atom. The normalized spacial score (nSPS) is 27.0. The molecule has 1 aliphatic rings. The van der Waals surface area contributed by atoms with Gasteiger partial charge in [-0.2, -0.15) is 0 Å². The third-order valence-electron chi connectivity index (χ3n) is 1.89. The van der Waals surface area contributed by atoms with Crippen LogP contribution in [0.4, 0.5) is 0 Å². The first-order chi connectivity index (χ1) is 5.83. The second-order valence-electron chi connectivity index (χ2n) is 2.91. The number of rotatable bonds is 4. The van der Waals surface area contributed by atoms with Crippen molar-refractivity contribution < 1.29 is 9.84 Å². The van der Waals surface area contributed by atoms with Crippen molar-refractivity contribution in [3.05, 3.63) is 0 Å². The molecule has 0 aromatic rings. The van der Waals surface area contributed by atoms with Gasteiger partial charge in [-0.05, 0) is 6.92 Å². The SMILES string of the molecule is CCOC(O)CC1CNCC[N]1. The summed E-state index contributed by atoms with van der Waals surface area (Å²) < 4.78 is 5.01. The highest BCUT2D eigenvalue weighted by Crippen LogP contribution is 2.02. The first-order valence-corrected chi connectivity index (χ1v) is 4.50. The monoisotopic (exact) mass is 173 g/mol. The maximum atomic E-state index is 9.29. The largest absolute Gasteiger partial charge is 0.368 e. The van der Waals surface area contributed by atoms with Crippen LogP contribution in [0.25, 0.3) is 0 Å². The van der Waals surface area contributed by atoms with E-state index in [1.54, 1.807) is 0 Å². The summed E-state index contributed by atoms with van der Waals surface area (Å²) in [5.41, 5.74) is 0. The number of hydrogen-bond donors (Lipinski definition) is 2. The van der Waals surface area contributed by atoms with Crippen LogP contribution in [0.2, 0.25) is 0 Å². The molecule has 4 nitrogen and oxygen atoms in total. The molecule has 1 radical (unpaired) electrons. The molecule has 1 fully saturated rings. The molecule has 1 saturated heterocycles. The van der Waals surface area contributed by atoms with Gasteiger partial charge in [0.2, 0.25) is 0 Å². The van der Waals surface area contributed by atoms with Crippen LogP contribution in [0, 0.1) is 0 Å².